The first kappa shape index (κ1) is 24.1. The van der Waals surface area contributed by atoms with Gasteiger partial charge < -0.3 is 19.2 Å². The molecule has 1 aliphatic heterocycles. The van der Waals surface area contributed by atoms with E-state index in [0.717, 1.165) is 5.39 Å². The Hall–Kier alpha value is -3.05. The van der Waals surface area contributed by atoms with Crippen molar-refractivity contribution in [2.45, 2.75) is 24.5 Å². The second kappa shape index (κ2) is 10.1. The summed E-state index contributed by atoms with van der Waals surface area (Å²) < 4.78 is 44.7. The van der Waals surface area contributed by atoms with Gasteiger partial charge in [0.25, 0.3) is 5.56 Å². The van der Waals surface area contributed by atoms with Crippen molar-refractivity contribution in [3.05, 3.63) is 70.0 Å². The fourth-order valence-corrected chi connectivity index (χ4v) is 5.24. The van der Waals surface area contributed by atoms with Gasteiger partial charge in [-0.2, -0.15) is 4.31 Å². The second-order valence-electron chi connectivity index (χ2n) is 8.02. The number of pyridine rings is 1. The first-order valence-electron chi connectivity index (χ1n) is 10.8. The summed E-state index contributed by atoms with van der Waals surface area (Å²) in [4.78, 5) is 27.3. The second-order valence-corrected chi connectivity index (χ2v) is 9.96. The first-order valence-corrected chi connectivity index (χ1v) is 12.2. The van der Waals surface area contributed by atoms with E-state index in [1.807, 2.05) is 0 Å². The van der Waals surface area contributed by atoms with Gasteiger partial charge in [0.15, 0.2) is 5.78 Å². The van der Waals surface area contributed by atoms with Crippen LogP contribution in [0.15, 0.2) is 58.2 Å². The molecule has 34 heavy (non-hydrogen) atoms. The van der Waals surface area contributed by atoms with E-state index in [2.05, 4.69) is 4.98 Å². The molecule has 1 aromatic heterocycles. The number of nitrogens with one attached hydrogen (secondary N) is 1. The van der Waals surface area contributed by atoms with Crippen molar-refractivity contribution in [3.8, 4) is 5.75 Å². The van der Waals surface area contributed by atoms with Crippen LogP contribution in [0, 0.1) is 0 Å². The number of ether oxygens (including phenoxy) is 3. The molecule has 2 aromatic carbocycles. The number of benzene rings is 2. The highest BCUT2D eigenvalue weighted by Crippen LogP contribution is 2.23. The number of aromatic amines is 1. The number of carbonyl (C=O) groups is 1. The van der Waals surface area contributed by atoms with E-state index in [1.165, 1.54) is 42.6 Å². The molecule has 0 aliphatic carbocycles. The Balaban J connectivity index is 1.70. The SMILES string of the molecule is COc1ccc2cc(CN(CC3COCCO3)S(=O)(=O)c3ccc(C(C)=O)cc3)c(=O)[nH]c2c1. The number of fused-ring (bicyclic) bond motifs is 1. The van der Waals surface area contributed by atoms with Gasteiger partial charge in [0, 0.05) is 30.3 Å². The fourth-order valence-electron chi connectivity index (χ4n) is 3.79. The highest BCUT2D eigenvalue weighted by Gasteiger charge is 2.30. The van der Waals surface area contributed by atoms with E-state index in [9.17, 15) is 18.0 Å². The van der Waals surface area contributed by atoms with Crippen LogP contribution in [0.1, 0.15) is 22.8 Å². The number of hydrogen-bond acceptors (Lipinski definition) is 7. The van der Waals surface area contributed by atoms with E-state index >= 15 is 0 Å². The average Bonchev–Trinajstić information content (AvgIpc) is 2.84. The van der Waals surface area contributed by atoms with Crippen LogP contribution in [0.4, 0.5) is 0 Å². The molecule has 0 saturated carbocycles. The summed E-state index contributed by atoms with van der Waals surface area (Å²) in [7, 11) is -2.47. The zero-order valence-electron chi connectivity index (χ0n) is 18.9. The van der Waals surface area contributed by atoms with Gasteiger partial charge in [0.05, 0.1) is 43.4 Å². The Bertz CT molecular complexity index is 1340. The summed E-state index contributed by atoms with van der Waals surface area (Å²) in [5, 5.41) is 0.746. The fraction of sp³-hybridized carbons (Fsp3) is 0.333. The summed E-state index contributed by atoms with van der Waals surface area (Å²) in [6.45, 7) is 2.33. The third-order valence-corrected chi connectivity index (χ3v) is 7.49. The van der Waals surface area contributed by atoms with Crippen molar-refractivity contribution in [1.29, 1.82) is 0 Å². The van der Waals surface area contributed by atoms with Gasteiger partial charge in [-0.15, -0.1) is 0 Å². The Labute approximate surface area is 197 Å². The van der Waals surface area contributed by atoms with Crippen molar-refractivity contribution in [1.82, 2.24) is 9.29 Å². The van der Waals surface area contributed by atoms with Crippen LogP contribution in [0.25, 0.3) is 10.9 Å². The molecule has 1 atom stereocenters. The maximum atomic E-state index is 13.6. The number of Topliss-reactive ketones (excluding diaryl/α,β-unsaturated/α-hetero) is 1. The van der Waals surface area contributed by atoms with E-state index in [1.54, 1.807) is 24.3 Å². The zero-order chi connectivity index (χ0) is 24.3. The standard InChI is InChI=1S/C24H26N2O7S/c1-16(27)17-4-7-22(8-5-17)34(29,30)26(14-21-15-32-9-10-33-21)13-19-11-18-3-6-20(31-2)12-23(18)25-24(19)28/h3-8,11-12,21H,9-10,13-15H2,1-2H3,(H,25,28). The predicted molar refractivity (Wildman–Crippen MR) is 126 cm³/mol. The largest absolute Gasteiger partial charge is 0.497 e. The minimum Gasteiger partial charge on any atom is -0.497 e. The zero-order valence-corrected chi connectivity index (χ0v) is 19.8. The van der Waals surface area contributed by atoms with Crippen LogP contribution in [0.5, 0.6) is 5.75 Å². The lowest BCUT2D eigenvalue weighted by Gasteiger charge is -2.29. The molecule has 0 amide bonds. The van der Waals surface area contributed by atoms with E-state index < -0.39 is 21.7 Å². The van der Waals surface area contributed by atoms with Crippen LogP contribution >= 0.6 is 0 Å². The number of rotatable bonds is 8. The van der Waals surface area contributed by atoms with Crippen LogP contribution in [0.2, 0.25) is 0 Å². The van der Waals surface area contributed by atoms with Crippen molar-refractivity contribution in [2.75, 3.05) is 33.5 Å². The highest BCUT2D eigenvalue weighted by molar-refractivity contribution is 7.89. The number of ketones is 1. The normalized spacial score (nSPS) is 16.6. The molecule has 3 aromatic rings. The van der Waals surface area contributed by atoms with Crippen LogP contribution < -0.4 is 10.3 Å². The summed E-state index contributed by atoms with van der Waals surface area (Å²) in [5.74, 6) is 0.441. The molecular formula is C24H26N2O7S. The van der Waals surface area contributed by atoms with E-state index in [-0.39, 0.29) is 30.4 Å². The number of carbonyl (C=O) groups excluding carboxylic acids is 1. The summed E-state index contributed by atoms with van der Waals surface area (Å²) >= 11 is 0. The maximum absolute atomic E-state index is 13.6. The van der Waals surface area contributed by atoms with E-state index in [4.69, 9.17) is 14.2 Å². The van der Waals surface area contributed by atoms with Gasteiger partial charge in [-0.25, -0.2) is 8.42 Å². The lowest BCUT2D eigenvalue weighted by Crippen LogP contribution is -2.43. The third kappa shape index (κ3) is 5.20. The molecule has 4 rings (SSSR count). The molecule has 9 nitrogen and oxygen atoms in total. The molecule has 1 aliphatic rings. The molecule has 1 fully saturated rings. The van der Waals surface area contributed by atoms with Gasteiger partial charge in [0.2, 0.25) is 10.0 Å². The molecule has 2 heterocycles. The van der Waals surface area contributed by atoms with Crippen LogP contribution in [-0.2, 0) is 26.0 Å². The van der Waals surface area contributed by atoms with Crippen molar-refractivity contribution >= 4 is 26.7 Å². The van der Waals surface area contributed by atoms with Crippen molar-refractivity contribution in [2.24, 2.45) is 0 Å². The number of methoxy groups -OCH3 is 1. The molecular weight excluding hydrogens is 460 g/mol. The van der Waals surface area contributed by atoms with Gasteiger partial charge in [-0.3, -0.25) is 9.59 Å². The number of sulfonamides is 1. The number of hydrogen-bond donors (Lipinski definition) is 1. The molecule has 1 saturated heterocycles. The topological polar surface area (TPSA) is 115 Å². The van der Waals surface area contributed by atoms with Crippen LogP contribution in [-0.4, -0.2) is 63.1 Å². The summed E-state index contributed by atoms with van der Waals surface area (Å²) in [6, 6.07) is 12.7. The molecule has 0 spiro atoms. The number of aromatic nitrogens is 1. The molecule has 10 heteroatoms. The van der Waals surface area contributed by atoms with Crippen LogP contribution in [0.3, 0.4) is 0 Å². The Morgan fingerprint density at radius 1 is 1.15 bits per heavy atom. The monoisotopic (exact) mass is 486 g/mol. The smallest absolute Gasteiger partial charge is 0.252 e. The van der Waals surface area contributed by atoms with Gasteiger partial charge >= 0.3 is 0 Å². The molecule has 1 unspecified atom stereocenters. The van der Waals surface area contributed by atoms with E-state index in [0.29, 0.717) is 35.6 Å². The Morgan fingerprint density at radius 3 is 2.56 bits per heavy atom. The molecule has 180 valence electrons. The molecule has 1 N–H and O–H groups in total. The average molecular weight is 487 g/mol. The Kier molecular flexibility index (Phi) is 7.13. The predicted octanol–water partition coefficient (Wildman–Crippen LogP) is 2.35. The lowest BCUT2D eigenvalue weighted by molar-refractivity contribution is -0.0923. The summed E-state index contributed by atoms with van der Waals surface area (Å²) in [6.07, 6.45) is -0.469. The van der Waals surface area contributed by atoms with Crippen molar-refractivity contribution < 1.29 is 27.4 Å². The highest BCUT2D eigenvalue weighted by atomic mass is 32.2. The minimum atomic E-state index is -4.01. The minimum absolute atomic E-state index is 0.0108. The first-order chi connectivity index (χ1) is 16.3. The molecule has 0 bridgehead atoms. The van der Waals surface area contributed by atoms with Gasteiger partial charge in [0.1, 0.15) is 5.75 Å². The van der Waals surface area contributed by atoms with Gasteiger partial charge in [-0.05, 0) is 42.6 Å². The molecule has 0 radical (unpaired) electrons. The maximum Gasteiger partial charge on any atom is 0.252 e. The number of nitrogens with zero attached hydrogens (tertiary/aromatic N) is 1. The lowest BCUT2D eigenvalue weighted by atomic mass is 10.1. The summed E-state index contributed by atoms with van der Waals surface area (Å²) in [5.41, 5.74) is 0.897. The third-order valence-electron chi connectivity index (χ3n) is 5.67. The van der Waals surface area contributed by atoms with Gasteiger partial charge in [-0.1, -0.05) is 12.1 Å². The Morgan fingerprint density at radius 2 is 1.91 bits per heavy atom. The quantitative estimate of drug-likeness (QED) is 0.486. The number of H-pyrrole nitrogens is 1. The van der Waals surface area contributed by atoms with Crippen molar-refractivity contribution in [3.63, 3.8) is 0 Å².